The molecule has 2 aromatic carbocycles. The molecule has 5 nitrogen and oxygen atoms in total. The van der Waals surface area contributed by atoms with Crippen molar-refractivity contribution in [3.63, 3.8) is 0 Å². The van der Waals surface area contributed by atoms with Crippen LogP contribution in [0, 0.1) is 5.82 Å². The maximum Gasteiger partial charge on any atom is 0.342 e. The Morgan fingerprint density at radius 2 is 1.81 bits per heavy atom. The van der Waals surface area contributed by atoms with Crippen molar-refractivity contribution in [2.45, 2.75) is 0 Å². The standard InChI is InChI=1S/C15H12FNO4/c16-11-7-4-8-12(14(11)15(19)20)21-9-13(18)17-10-5-2-1-3-6-10/h1-8H,9H2,(H,17,18)(H,19,20). The minimum atomic E-state index is -1.45. The molecule has 2 aromatic rings. The molecule has 0 bridgehead atoms. The highest BCUT2D eigenvalue weighted by atomic mass is 19.1. The Labute approximate surface area is 120 Å². The number of anilines is 1. The molecular weight excluding hydrogens is 277 g/mol. The van der Waals surface area contributed by atoms with Gasteiger partial charge in [0.1, 0.15) is 17.1 Å². The van der Waals surface area contributed by atoms with Gasteiger partial charge in [-0.05, 0) is 24.3 Å². The van der Waals surface area contributed by atoms with Gasteiger partial charge in [-0.3, -0.25) is 4.79 Å². The van der Waals surface area contributed by atoms with E-state index in [0.29, 0.717) is 5.69 Å². The van der Waals surface area contributed by atoms with Gasteiger partial charge < -0.3 is 15.2 Å². The van der Waals surface area contributed by atoms with E-state index in [4.69, 9.17) is 9.84 Å². The predicted molar refractivity (Wildman–Crippen MR) is 73.9 cm³/mol. The number of hydrogen-bond donors (Lipinski definition) is 2. The van der Waals surface area contributed by atoms with Crippen molar-refractivity contribution in [2.24, 2.45) is 0 Å². The second kappa shape index (κ2) is 6.51. The minimum Gasteiger partial charge on any atom is -0.483 e. The Kier molecular flexibility index (Phi) is 4.50. The van der Waals surface area contributed by atoms with Crippen molar-refractivity contribution in [3.8, 4) is 5.75 Å². The second-order valence-corrected chi connectivity index (χ2v) is 4.12. The van der Waals surface area contributed by atoms with E-state index in [1.807, 2.05) is 0 Å². The summed E-state index contributed by atoms with van der Waals surface area (Å²) in [5.74, 6) is -3.03. The molecule has 0 aliphatic carbocycles. The van der Waals surface area contributed by atoms with E-state index in [1.165, 1.54) is 12.1 Å². The lowest BCUT2D eigenvalue weighted by molar-refractivity contribution is -0.118. The summed E-state index contributed by atoms with van der Waals surface area (Å²) in [6.45, 7) is -0.418. The van der Waals surface area contributed by atoms with E-state index in [1.54, 1.807) is 30.3 Å². The number of ether oxygens (including phenoxy) is 1. The molecule has 1 amide bonds. The summed E-state index contributed by atoms with van der Waals surface area (Å²) in [6, 6.07) is 12.3. The van der Waals surface area contributed by atoms with Gasteiger partial charge in [0.25, 0.3) is 5.91 Å². The molecule has 2 N–H and O–H groups in total. The van der Waals surface area contributed by atoms with Gasteiger partial charge in [0, 0.05) is 5.69 Å². The Hall–Kier alpha value is -2.89. The Balaban J connectivity index is 2.02. The number of carboxylic acids is 1. The fraction of sp³-hybridized carbons (Fsp3) is 0.0667. The molecule has 0 aromatic heterocycles. The highest BCUT2D eigenvalue weighted by molar-refractivity contribution is 5.93. The number of hydrogen-bond acceptors (Lipinski definition) is 3. The Bertz CT molecular complexity index is 658. The first-order valence-corrected chi connectivity index (χ1v) is 6.07. The second-order valence-electron chi connectivity index (χ2n) is 4.12. The average Bonchev–Trinajstić information content (AvgIpc) is 2.45. The van der Waals surface area contributed by atoms with E-state index < -0.39 is 29.9 Å². The van der Waals surface area contributed by atoms with Gasteiger partial charge in [0.2, 0.25) is 0 Å². The molecule has 0 saturated heterocycles. The lowest BCUT2D eigenvalue weighted by atomic mass is 10.2. The number of halogens is 1. The minimum absolute atomic E-state index is 0.189. The molecule has 0 fully saturated rings. The van der Waals surface area contributed by atoms with Crippen LogP contribution in [0.15, 0.2) is 48.5 Å². The zero-order valence-electron chi connectivity index (χ0n) is 10.9. The van der Waals surface area contributed by atoms with Crippen molar-refractivity contribution in [1.29, 1.82) is 0 Å². The molecule has 108 valence electrons. The summed E-state index contributed by atoms with van der Waals surface area (Å²) in [5, 5.41) is 11.5. The summed E-state index contributed by atoms with van der Waals surface area (Å²) >= 11 is 0. The molecule has 0 aliphatic rings. The summed E-state index contributed by atoms with van der Waals surface area (Å²) in [4.78, 5) is 22.6. The highest BCUT2D eigenvalue weighted by Gasteiger charge is 2.17. The molecule has 0 saturated carbocycles. The van der Waals surface area contributed by atoms with E-state index in [2.05, 4.69) is 5.32 Å². The normalized spacial score (nSPS) is 9.95. The largest absolute Gasteiger partial charge is 0.483 e. The number of nitrogens with one attached hydrogen (secondary N) is 1. The molecule has 21 heavy (non-hydrogen) atoms. The number of carbonyl (C=O) groups is 2. The smallest absolute Gasteiger partial charge is 0.342 e. The van der Waals surface area contributed by atoms with Crippen molar-refractivity contribution < 1.29 is 23.8 Å². The van der Waals surface area contributed by atoms with Crippen LogP contribution in [0.3, 0.4) is 0 Å². The van der Waals surface area contributed by atoms with Crippen LogP contribution in [0.1, 0.15) is 10.4 Å². The summed E-state index contributed by atoms with van der Waals surface area (Å²) in [7, 11) is 0. The number of rotatable bonds is 5. The predicted octanol–water partition coefficient (Wildman–Crippen LogP) is 2.54. The molecular formula is C15H12FNO4. The number of benzene rings is 2. The first-order chi connectivity index (χ1) is 10.1. The number of carboxylic acid groups (broad SMARTS) is 1. The molecule has 0 spiro atoms. The third-order valence-electron chi connectivity index (χ3n) is 2.61. The third-order valence-corrected chi connectivity index (χ3v) is 2.61. The summed E-state index contributed by atoms with van der Waals surface area (Å²) in [6.07, 6.45) is 0. The van der Waals surface area contributed by atoms with Crippen LogP contribution in [0.5, 0.6) is 5.75 Å². The quantitative estimate of drug-likeness (QED) is 0.887. The van der Waals surface area contributed by atoms with Crippen molar-refractivity contribution in [1.82, 2.24) is 0 Å². The van der Waals surface area contributed by atoms with Crippen LogP contribution < -0.4 is 10.1 Å². The maximum absolute atomic E-state index is 13.4. The van der Waals surface area contributed by atoms with Gasteiger partial charge in [-0.2, -0.15) is 0 Å². The van der Waals surface area contributed by atoms with Gasteiger partial charge in [0.15, 0.2) is 6.61 Å². The summed E-state index contributed by atoms with van der Waals surface area (Å²) < 4.78 is 18.5. The number of para-hydroxylation sites is 1. The fourth-order valence-corrected chi connectivity index (χ4v) is 1.69. The number of aromatic carboxylic acids is 1. The van der Waals surface area contributed by atoms with Crippen LogP contribution in [-0.4, -0.2) is 23.6 Å². The molecule has 0 radical (unpaired) electrons. The first kappa shape index (κ1) is 14.5. The van der Waals surface area contributed by atoms with Crippen LogP contribution in [0.25, 0.3) is 0 Å². The zero-order valence-corrected chi connectivity index (χ0v) is 10.9. The van der Waals surface area contributed by atoms with Crippen LogP contribution in [0.2, 0.25) is 0 Å². The highest BCUT2D eigenvalue weighted by Crippen LogP contribution is 2.21. The summed E-state index contributed by atoms with van der Waals surface area (Å²) in [5.41, 5.74) is -0.00573. The van der Waals surface area contributed by atoms with Crippen molar-refractivity contribution in [2.75, 3.05) is 11.9 Å². The Morgan fingerprint density at radius 3 is 2.48 bits per heavy atom. The molecule has 0 heterocycles. The van der Waals surface area contributed by atoms with E-state index in [9.17, 15) is 14.0 Å². The zero-order chi connectivity index (χ0) is 15.2. The maximum atomic E-state index is 13.4. The van der Waals surface area contributed by atoms with Crippen LogP contribution >= 0.6 is 0 Å². The number of carbonyl (C=O) groups excluding carboxylic acids is 1. The molecule has 0 aliphatic heterocycles. The van der Waals surface area contributed by atoms with E-state index >= 15 is 0 Å². The van der Waals surface area contributed by atoms with E-state index in [-0.39, 0.29) is 5.75 Å². The Morgan fingerprint density at radius 1 is 1.10 bits per heavy atom. The molecule has 0 unspecified atom stereocenters. The topological polar surface area (TPSA) is 75.6 Å². The number of amides is 1. The van der Waals surface area contributed by atoms with Crippen LogP contribution in [-0.2, 0) is 4.79 Å². The average molecular weight is 289 g/mol. The molecule has 2 rings (SSSR count). The lowest BCUT2D eigenvalue weighted by Gasteiger charge is -2.10. The SMILES string of the molecule is O=C(COc1cccc(F)c1C(=O)O)Nc1ccccc1. The lowest BCUT2D eigenvalue weighted by Crippen LogP contribution is -2.21. The van der Waals surface area contributed by atoms with E-state index in [0.717, 1.165) is 6.07 Å². The van der Waals surface area contributed by atoms with Gasteiger partial charge in [-0.15, -0.1) is 0 Å². The molecule has 6 heteroatoms. The molecule has 0 atom stereocenters. The van der Waals surface area contributed by atoms with Crippen molar-refractivity contribution in [3.05, 3.63) is 59.9 Å². The van der Waals surface area contributed by atoms with Gasteiger partial charge in [0.05, 0.1) is 0 Å². The van der Waals surface area contributed by atoms with Gasteiger partial charge in [-0.1, -0.05) is 24.3 Å². The van der Waals surface area contributed by atoms with Gasteiger partial charge >= 0.3 is 5.97 Å². The fourth-order valence-electron chi connectivity index (χ4n) is 1.69. The third kappa shape index (κ3) is 3.79. The first-order valence-electron chi connectivity index (χ1n) is 6.07. The monoisotopic (exact) mass is 289 g/mol. The van der Waals surface area contributed by atoms with Gasteiger partial charge in [-0.25, -0.2) is 9.18 Å². The van der Waals surface area contributed by atoms with Crippen LogP contribution in [0.4, 0.5) is 10.1 Å². The van der Waals surface area contributed by atoms with Crippen molar-refractivity contribution >= 4 is 17.6 Å².